The van der Waals surface area contributed by atoms with Crippen LogP contribution >= 0.6 is 17.0 Å². The zero-order valence-corrected chi connectivity index (χ0v) is 26.2. The van der Waals surface area contributed by atoms with Crippen molar-refractivity contribution in [3.63, 3.8) is 0 Å². The van der Waals surface area contributed by atoms with Crippen LogP contribution in [0.25, 0.3) is 0 Å². The first-order chi connectivity index (χ1) is 17.7. The van der Waals surface area contributed by atoms with Crippen molar-refractivity contribution in [2.75, 3.05) is 25.5 Å². The second kappa shape index (κ2) is 12.5. The third-order valence-electron chi connectivity index (χ3n) is 7.31. The number of halogens is 1. The van der Waals surface area contributed by atoms with Crippen LogP contribution in [0, 0.1) is 11.3 Å². The Balaban J connectivity index is 0.00000533. The van der Waals surface area contributed by atoms with E-state index in [1.54, 1.807) is 0 Å². The first kappa shape index (κ1) is 32.3. The number of nitrogens with zero attached hydrogens (tertiary/aromatic N) is 1. The fraction of sp³-hybridized carbons (Fsp3) is 0.516. The fourth-order valence-corrected chi connectivity index (χ4v) is 5.26. The minimum Gasteiger partial charge on any atom is -0.507 e. The summed E-state index contributed by atoms with van der Waals surface area (Å²) in [5.74, 6) is 0.735. The summed E-state index contributed by atoms with van der Waals surface area (Å²) in [5, 5.41) is 22.7. The molecule has 0 spiro atoms. The van der Waals surface area contributed by atoms with Gasteiger partial charge in [0.1, 0.15) is 11.6 Å². The molecule has 1 aliphatic rings. The Bertz CT molecular complexity index is 1160. The number of ether oxygens (including phenoxy) is 1. The van der Waals surface area contributed by atoms with Crippen LogP contribution in [0.15, 0.2) is 36.4 Å². The molecule has 214 valence electrons. The molecule has 2 atom stereocenters. The molecule has 1 amide bonds. The van der Waals surface area contributed by atoms with Crippen molar-refractivity contribution in [2.24, 2.45) is 5.92 Å². The standard InChI is InChI=1S/C31H43N3O4.BrH/c1-9-10-20-17-34(28(32)26(20)19-11-13-22(14-12-19)33-29(37)38-8)18-25(35)21-15-23(30(2,3)4)27(36)24(16-21)31(5,6)7;/h11-16,20,26,32,36H,9-10,17-18H2,1-8H3,(H,33,37);1H/t20-,26+;/m0./s1. The molecule has 0 aliphatic carbocycles. The van der Waals surface area contributed by atoms with Crippen molar-refractivity contribution in [1.29, 1.82) is 5.41 Å². The predicted octanol–water partition coefficient (Wildman–Crippen LogP) is 7.42. The van der Waals surface area contributed by atoms with Gasteiger partial charge in [0.2, 0.25) is 0 Å². The lowest BCUT2D eigenvalue weighted by Gasteiger charge is -2.28. The molecule has 2 aromatic rings. The number of hydrogen-bond acceptors (Lipinski definition) is 5. The highest BCUT2D eigenvalue weighted by Crippen LogP contribution is 2.41. The molecule has 1 heterocycles. The summed E-state index contributed by atoms with van der Waals surface area (Å²) in [4.78, 5) is 27.0. The van der Waals surface area contributed by atoms with Crippen molar-refractivity contribution in [1.82, 2.24) is 4.90 Å². The summed E-state index contributed by atoms with van der Waals surface area (Å²) in [7, 11) is 1.32. The summed E-state index contributed by atoms with van der Waals surface area (Å²) in [6, 6.07) is 11.1. The summed E-state index contributed by atoms with van der Waals surface area (Å²) < 4.78 is 4.66. The molecule has 0 radical (unpaired) electrons. The van der Waals surface area contributed by atoms with Crippen LogP contribution in [0.5, 0.6) is 5.75 Å². The third kappa shape index (κ3) is 7.41. The minimum absolute atomic E-state index is 0. The number of methoxy groups -OCH3 is 1. The molecule has 0 saturated carbocycles. The highest BCUT2D eigenvalue weighted by molar-refractivity contribution is 8.93. The number of phenolic OH excluding ortho intramolecular Hbond substituents is 1. The van der Waals surface area contributed by atoms with Crippen molar-refractivity contribution < 1.29 is 19.4 Å². The molecule has 1 aliphatic heterocycles. The smallest absolute Gasteiger partial charge is 0.411 e. The average molecular weight is 603 g/mol. The number of amidine groups is 1. The number of carbonyl (C=O) groups excluding carboxylic acids is 2. The van der Waals surface area contributed by atoms with Gasteiger partial charge >= 0.3 is 6.09 Å². The molecule has 1 saturated heterocycles. The van der Waals surface area contributed by atoms with Gasteiger partial charge in [-0.25, -0.2) is 4.79 Å². The van der Waals surface area contributed by atoms with E-state index in [0.717, 1.165) is 29.5 Å². The summed E-state index contributed by atoms with van der Waals surface area (Å²) >= 11 is 0. The van der Waals surface area contributed by atoms with Gasteiger partial charge < -0.3 is 14.7 Å². The number of phenols is 1. The van der Waals surface area contributed by atoms with E-state index in [0.29, 0.717) is 23.6 Å². The molecular formula is C31H44BrN3O4. The molecule has 39 heavy (non-hydrogen) atoms. The molecule has 8 heteroatoms. The van der Waals surface area contributed by atoms with Gasteiger partial charge in [0.15, 0.2) is 5.78 Å². The predicted molar refractivity (Wildman–Crippen MR) is 163 cm³/mol. The van der Waals surface area contributed by atoms with Gasteiger partial charge in [-0.1, -0.05) is 67.0 Å². The van der Waals surface area contributed by atoms with Crippen molar-refractivity contribution in [2.45, 2.75) is 78.1 Å². The van der Waals surface area contributed by atoms with Gasteiger partial charge in [0, 0.05) is 34.8 Å². The maximum atomic E-state index is 13.6. The van der Waals surface area contributed by atoms with Crippen LogP contribution in [-0.2, 0) is 15.6 Å². The molecule has 0 bridgehead atoms. The van der Waals surface area contributed by atoms with Crippen molar-refractivity contribution >= 4 is 40.4 Å². The SMILES string of the molecule is Br.CCC[C@H]1CN(CC(=O)c2cc(C(C)(C)C)c(O)c(C(C)(C)C)c2)C(=N)[C@@H]1c1ccc(NC(=O)OC)cc1. The monoisotopic (exact) mass is 601 g/mol. The number of carbonyl (C=O) groups is 2. The Hall–Kier alpha value is -2.87. The van der Waals surface area contributed by atoms with E-state index in [2.05, 4.69) is 17.0 Å². The second-order valence-corrected chi connectivity index (χ2v) is 12.4. The highest BCUT2D eigenvalue weighted by atomic mass is 79.9. The van der Waals surface area contributed by atoms with Gasteiger partial charge in [0.05, 0.1) is 13.7 Å². The molecular weight excluding hydrogens is 558 g/mol. The summed E-state index contributed by atoms with van der Waals surface area (Å²) in [6.45, 7) is 15.1. The van der Waals surface area contributed by atoms with E-state index in [4.69, 9.17) is 5.41 Å². The molecule has 2 aromatic carbocycles. The molecule has 1 fully saturated rings. The lowest BCUT2D eigenvalue weighted by molar-refractivity contribution is 0.0963. The molecule has 3 rings (SSSR count). The lowest BCUT2D eigenvalue weighted by atomic mass is 9.78. The van der Waals surface area contributed by atoms with Gasteiger partial charge in [-0.05, 0) is 53.0 Å². The van der Waals surface area contributed by atoms with Gasteiger partial charge in [-0.3, -0.25) is 15.5 Å². The molecule has 0 aromatic heterocycles. The molecule has 0 unspecified atom stereocenters. The van der Waals surface area contributed by atoms with E-state index in [9.17, 15) is 14.7 Å². The quantitative estimate of drug-likeness (QED) is 0.286. The number of aromatic hydroxyl groups is 1. The number of rotatable bonds is 7. The van der Waals surface area contributed by atoms with E-state index >= 15 is 0 Å². The Morgan fingerprint density at radius 1 is 1.05 bits per heavy atom. The lowest BCUT2D eigenvalue weighted by Crippen LogP contribution is -2.32. The van der Waals surface area contributed by atoms with Crippen LogP contribution < -0.4 is 5.32 Å². The number of ketones is 1. The van der Waals surface area contributed by atoms with Crippen LogP contribution in [0.3, 0.4) is 0 Å². The number of Topliss-reactive ketones (excluding diaryl/α,β-unsaturated/α-hetero) is 1. The minimum atomic E-state index is -0.529. The number of amides is 1. The van der Waals surface area contributed by atoms with E-state index in [1.165, 1.54) is 7.11 Å². The van der Waals surface area contributed by atoms with E-state index in [1.807, 2.05) is 82.8 Å². The molecule has 7 nitrogen and oxygen atoms in total. The van der Waals surface area contributed by atoms with Crippen LogP contribution in [-0.4, -0.2) is 47.9 Å². The number of benzene rings is 2. The number of likely N-dealkylation sites (tertiary alicyclic amines) is 1. The Labute approximate surface area is 243 Å². The first-order valence-electron chi connectivity index (χ1n) is 13.4. The Morgan fingerprint density at radius 3 is 2.05 bits per heavy atom. The largest absolute Gasteiger partial charge is 0.507 e. The maximum absolute atomic E-state index is 13.6. The Morgan fingerprint density at radius 2 is 1.59 bits per heavy atom. The first-order valence-corrected chi connectivity index (χ1v) is 13.4. The van der Waals surface area contributed by atoms with Crippen LogP contribution in [0.4, 0.5) is 10.5 Å². The summed E-state index contributed by atoms with van der Waals surface area (Å²) in [6.07, 6.45) is 1.40. The summed E-state index contributed by atoms with van der Waals surface area (Å²) in [5.41, 5.74) is 3.05. The normalized spacial score (nSPS) is 17.5. The van der Waals surface area contributed by atoms with Gasteiger partial charge in [0.25, 0.3) is 0 Å². The van der Waals surface area contributed by atoms with Crippen molar-refractivity contribution in [3.8, 4) is 5.75 Å². The Kier molecular flexibility index (Phi) is 10.4. The van der Waals surface area contributed by atoms with Crippen molar-refractivity contribution in [3.05, 3.63) is 58.7 Å². The third-order valence-corrected chi connectivity index (χ3v) is 7.31. The fourth-order valence-electron chi connectivity index (χ4n) is 5.26. The number of nitrogens with one attached hydrogen (secondary N) is 2. The van der Waals surface area contributed by atoms with Crippen LogP contribution in [0.1, 0.15) is 94.3 Å². The number of anilines is 1. The van der Waals surface area contributed by atoms with Gasteiger partial charge in [-0.15, -0.1) is 17.0 Å². The van der Waals surface area contributed by atoms with Crippen LogP contribution in [0.2, 0.25) is 0 Å². The van der Waals surface area contributed by atoms with E-state index < -0.39 is 6.09 Å². The van der Waals surface area contributed by atoms with Gasteiger partial charge in [-0.2, -0.15) is 0 Å². The van der Waals surface area contributed by atoms with E-state index in [-0.39, 0.29) is 57.7 Å². The second-order valence-electron chi connectivity index (χ2n) is 12.4. The maximum Gasteiger partial charge on any atom is 0.411 e. The topological polar surface area (TPSA) is 103 Å². The highest BCUT2D eigenvalue weighted by Gasteiger charge is 2.39. The number of hydrogen-bond donors (Lipinski definition) is 3. The average Bonchev–Trinajstić information content (AvgIpc) is 3.12. The zero-order chi connectivity index (χ0) is 28.4. The molecule has 3 N–H and O–H groups in total. The zero-order valence-electron chi connectivity index (χ0n) is 24.5.